The number of aromatic nitrogens is 1. The fourth-order valence-electron chi connectivity index (χ4n) is 1.61. The molecule has 0 bridgehead atoms. The molecule has 0 spiro atoms. The normalized spacial score (nSPS) is 11.3. The highest BCUT2D eigenvalue weighted by Crippen LogP contribution is 2.18. The molecule has 1 aromatic carbocycles. The third-order valence-corrected chi connectivity index (χ3v) is 2.63. The zero-order chi connectivity index (χ0) is 16.2. The Morgan fingerprint density at radius 2 is 2.00 bits per heavy atom. The van der Waals surface area contributed by atoms with Crippen LogP contribution < -0.4 is 10.1 Å². The summed E-state index contributed by atoms with van der Waals surface area (Å²) in [5, 5.41) is 6.21. The van der Waals surface area contributed by atoms with E-state index in [0.717, 1.165) is 0 Å². The van der Waals surface area contributed by atoms with Crippen LogP contribution in [-0.2, 0) is 6.54 Å². The van der Waals surface area contributed by atoms with Crippen molar-refractivity contribution in [2.75, 3.05) is 6.61 Å². The summed E-state index contributed by atoms with van der Waals surface area (Å²) in [7, 11) is 0. The molecule has 2 aromatic rings. The quantitative estimate of drug-likeness (QED) is 0.921. The first-order valence-corrected chi connectivity index (χ1v) is 6.33. The van der Waals surface area contributed by atoms with Gasteiger partial charge >= 0.3 is 6.18 Å². The number of amides is 1. The molecule has 22 heavy (non-hydrogen) atoms. The van der Waals surface area contributed by atoms with E-state index in [1.54, 1.807) is 19.1 Å². The third-order valence-electron chi connectivity index (χ3n) is 2.63. The van der Waals surface area contributed by atoms with Gasteiger partial charge in [-0.25, -0.2) is 0 Å². The number of carbonyl (C=O) groups is 1. The lowest BCUT2D eigenvalue weighted by Crippen LogP contribution is -2.22. The van der Waals surface area contributed by atoms with Gasteiger partial charge in [-0.2, -0.15) is 13.2 Å². The van der Waals surface area contributed by atoms with E-state index in [-0.39, 0.29) is 18.1 Å². The maximum atomic E-state index is 12.0. The molecule has 0 aliphatic carbocycles. The SMILES string of the molecule is Cc1cc(C(=O)NCc2ccc(OCC(F)(F)F)cc2)on1. The Kier molecular flexibility index (Phi) is 4.69. The number of halogens is 3. The molecule has 1 amide bonds. The van der Waals surface area contributed by atoms with Crippen molar-refractivity contribution in [3.8, 4) is 5.75 Å². The second-order valence-electron chi connectivity index (χ2n) is 4.56. The highest BCUT2D eigenvalue weighted by atomic mass is 19.4. The van der Waals surface area contributed by atoms with Crippen molar-refractivity contribution in [1.82, 2.24) is 10.5 Å². The lowest BCUT2D eigenvalue weighted by atomic mass is 10.2. The number of alkyl halides is 3. The van der Waals surface area contributed by atoms with Crippen LogP contribution in [-0.4, -0.2) is 23.8 Å². The molecular formula is C14H13F3N2O3. The van der Waals surface area contributed by atoms with Crippen LogP contribution in [0.25, 0.3) is 0 Å². The minimum Gasteiger partial charge on any atom is -0.484 e. The largest absolute Gasteiger partial charge is 0.484 e. The van der Waals surface area contributed by atoms with E-state index < -0.39 is 18.7 Å². The smallest absolute Gasteiger partial charge is 0.422 e. The summed E-state index contributed by atoms with van der Waals surface area (Å²) >= 11 is 0. The third kappa shape index (κ3) is 4.80. The minimum absolute atomic E-state index is 0.0997. The molecule has 1 heterocycles. The molecule has 118 valence electrons. The number of hydrogen-bond acceptors (Lipinski definition) is 4. The number of nitrogens with one attached hydrogen (secondary N) is 1. The monoisotopic (exact) mass is 314 g/mol. The second-order valence-corrected chi connectivity index (χ2v) is 4.56. The molecule has 1 N–H and O–H groups in total. The Labute approximate surface area is 124 Å². The molecule has 2 rings (SSSR count). The van der Waals surface area contributed by atoms with Crippen molar-refractivity contribution < 1.29 is 27.2 Å². The van der Waals surface area contributed by atoms with Crippen LogP contribution in [0.2, 0.25) is 0 Å². The Hall–Kier alpha value is -2.51. The van der Waals surface area contributed by atoms with Crippen molar-refractivity contribution in [1.29, 1.82) is 0 Å². The number of ether oxygens (including phenoxy) is 1. The molecular weight excluding hydrogens is 301 g/mol. The molecule has 1 aromatic heterocycles. The van der Waals surface area contributed by atoms with E-state index in [0.29, 0.717) is 11.3 Å². The van der Waals surface area contributed by atoms with Crippen LogP contribution in [0.5, 0.6) is 5.75 Å². The summed E-state index contributed by atoms with van der Waals surface area (Å²) in [6, 6.07) is 7.45. The van der Waals surface area contributed by atoms with Crippen molar-refractivity contribution >= 4 is 5.91 Å². The summed E-state index contributed by atoms with van der Waals surface area (Å²) in [4.78, 5) is 11.7. The molecule has 0 atom stereocenters. The molecule has 0 radical (unpaired) electrons. The standard InChI is InChI=1S/C14H13F3N2O3/c1-9-6-12(22-19-9)13(20)18-7-10-2-4-11(5-3-10)21-8-14(15,16)17/h2-6H,7-8H2,1H3,(H,18,20). The fourth-order valence-corrected chi connectivity index (χ4v) is 1.61. The van der Waals surface area contributed by atoms with Gasteiger partial charge < -0.3 is 14.6 Å². The van der Waals surface area contributed by atoms with Gasteiger partial charge in [0.15, 0.2) is 6.61 Å². The maximum Gasteiger partial charge on any atom is 0.422 e. The molecule has 0 fully saturated rings. The van der Waals surface area contributed by atoms with Gasteiger partial charge in [-0.15, -0.1) is 0 Å². The van der Waals surface area contributed by atoms with Gasteiger partial charge in [-0.05, 0) is 24.6 Å². The number of aryl methyl sites for hydroxylation is 1. The van der Waals surface area contributed by atoms with Crippen LogP contribution >= 0.6 is 0 Å². The first-order chi connectivity index (χ1) is 10.3. The lowest BCUT2D eigenvalue weighted by Gasteiger charge is -2.09. The zero-order valence-electron chi connectivity index (χ0n) is 11.6. The van der Waals surface area contributed by atoms with Crippen LogP contribution in [0.1, 0.15) is 21.8 Å². The lowest BCUT2D eigenvalue weighted by molar-refractivity contribution is -0.153. The highest BCUT2D eigenvalue weighted by Gasteiger charge is 2.28. The Balaban J connectivity index is 1.85. The van der Waals surface area contributed by atoms with Crippen molar-refractivity contribution in [2.45, 2.75) is 19.6 Å². The highest BCUT2D eigenvalue weighted by molar-refractivity contribution is 5.91. The van der Waals surface area contributed by atoms with E-state index in [1.165, 1.54) is 18.2 Å². The second kappa shape index (κ2) is 6.50. The Morgan fingerprint density at radius 3 is 2.55 bits per heavy atom. The van der Waals surface area contributed by atoms with Crippen molar-refractivity contribution in [3.05, 3.63) is 47.3 Å². The fraction of sp³-hybridized carbons (Fsp3) is 0.286. The minimum atomic E-state index is -4.37. The van der Waals surface area contributed by atoms with E-state index in [1.807, 2.05) is 0 Å². The van der Waals surface area contributed by atoms with E-state index in [2.05, 4.69) is 15.2 Å². The van der Waals surface area contributed by atoms with Crippen LogP contribution in [0, 0.1) is 6.92 Å². The Bertz CT molecular complexity index is 636. The number of rotatable bonds is 5. The van der Waals surface area contributed by atoms with Gasteiger partial charge in [0.05, 0.1) is 5.69 Å². The average molecular weight is 314 g/mol. The number of carbonyl (C=O) groups excluding carboxylic acids is 1. The van der Waals surface area contributed by atoms with Crippen LogP contribution in [0.15, 0.2) is 34.9 Å². The van der Waals surface area contributed by atoms with Gasteiger partial charge in [-0.3, -0.25) is 4.79 Å². The molecule has 0 saturated heterocycles. The van der Waals surface area contributed by atoms with Gasteiger partial charge in [0.1, 0.15) is 5.75 Å². The van der Waals surface area contributed by atoms with Gasteiger partial charge in [0.25, 0.3) is 5.91 Å². The molecule has 0 unspecified atom stereocenters. The molecule has 0 aliphatic heterocycles. The van der Waals surface area contributed by atoms with Gasteiger partial charge in [0.2, 0.25) is 5.76 Å². The maximum absolute atomic E-state index is 12.0. The van der Waals surface area contributed by atoms with Crippen LogP contribution in [0.4, 0.5) is 13.2 Å². The van der Waals surface area contributed by atoms with Gasteiger partial charge in [-0.1, -0.05) is 17.3 Å². The summed E-state index contributed by atoms with van der Waals surface area (Å²) < 4.78 is 45.4. The predicted molar refractivity (Wildman–Crippen MR) is 70.4 cm³/mol. The first kappa shape index (κ1) is 15.9. The van der Waals surface area contributed by atoms with Crippen molar-refractivity contribution in [2.24, 2.45) is 0 Å². The summed E-state index contributed by atoms with van der Waals surface area (Å²) in [5.41, 5.74) is 1.31. The topological polar surface area (TPSA) is 64.4 Å². The number of benzene rings is 1. The first-order valence-electron chi connectivity index (χ1n) is 6.33. The van der Waals surface area contributed by atoms with E-state index in [9.17, 15) is 18.0 Å². The molecule has 8 heteroatoms. The summed E-state index contributed by atoms with van der Waals surface area (Å²) in [5.74, 6) is -0.209. The molecule has 0 aliphatic rings. The van der Waals surface area contributed by atoms with Crippen LogP contribution in [0.3, 0.4) is 0 Å². The van der Waals surface area contributed by atoms with E-state index in [4.69, 9.17) is 4.52 Å². The van der Waals surface area contributed by atoms with Gasteiger partial charge in [0, 0.05) is 12.6 Å². The zero-order valence-corrected chi connectivity index (χ0v) is 11.6. The van der Waals surface area contributed by atoms with Crippen molar-refractivity contribution in [3.63, 3.8) is 0 Å². The molecule has 0 saturated carbocycles. The predicted octanol–water partition coefficient (Wildman–Crippen LogP) is 2.85. The number of hydrogen-bond donors (Lipinski definition) is 1. The Morgan fingerprint density at radius 1 is 1.32 bits per heavy atom. The number of nitrogens with zero attached hydrogens (tertiary/aromatic N) is 1. The molecule has 5 nitrogen and oxygen atoms in total. The average Bonchev–Trinajstić information content (AvgIpc) is 2.89. The summed E-state index contributed by atoms with van der Waals surface area (Å²) in [6.07, 6.45) is -4.37. The summed E-state index contributed by atoms with van der Waals surface area (Å²) in [6.45, 7) is 0.562. The van der Waals surface area contributed by atoms with E-state index >= 15 is 0 Å².